The number of aryl methyl sites for hydroxylation is 1. The minimum atomic E-state index is -0.559. The summed E-state index contributed by atoms with van der Waals surface area (Å²) in [7, 11) is 3.28. The number of nitrogens with one attached hydrogen (secondary N) is 1. The quantitative estimate of drug-likeness (QED) is 0.745. The molecule has 2 aromatic rings. The number of hydrogen-bond acceptors (Lipinski definition) is 6. The van der Waals surface area contributed by atoms with Crippen molar-refractivity contribution in [2.45, 2.75) is 6.54 Å². The van der Waals surface area contributed by atoms with Gasteiger partial charge in [-0.2, -0.15) is 0 Å². The molecular formula is C9H11N5O2S. The van der Waals surface area contributed by atoms with Crippen molar-refractivity contribution < 1.29 is 0 Å². The highest BCUT2D eigenvalue weighted by Crippen LogP contribution is 2.14. The minimum absolute atomic E-state index is 0.258. The molecule has 0 unspecified atom stereocenters. The molecule has 0 spiro atoms. The van der Waals surface area contributed by atoms with Gasteiger partial charge in [0.2, 0.25) is 5.13 Å². The Hall–Kier alpha value is -1.96. The van der Waals surface area contributed by atoms with E-state index in [0.29, 0.717) is 10.1 Å². The van der Waals surface area contributed by atoms with Gasteiger partial charge in [0.1, 0.15) is 5.01 Å². The van der Waals surface area contributed by atoms with Crippen LogP contribution in [-0.2, 0) is 13.6 Å². The number of rotatable bonds is 3. The zero-order chi connectivity index (χ0) is 12.4. The van der Waals surface area contributed by atoms with E-state index in [9.17, 15) is 9.59 Å². The normalized spacial score (nSPS) is 10.5. The lowest BCUT2D eigenvalue weighted by atomic mass is 10.5. The SMILES string of the molecule is CNc1nnc(Cn2ccn(C)c(=O)c2=O)s1. The minimum Gasteiger partial charge on any atom is -0.363 e. The molecule has 2 aromatic heterocycles. The van der Waals surface area contributed by atoms with E-state index in [1.807, 2.05) is 0 Å². The van der Waals surface area contributed by atoms with E-state index >= 15 is 0 Å². The topological polar surface area (TPSA) is 81.8 Å². The van der Waals surface area contributed by atoms with Gasteiger partial charge in [-0.05, 0) is 0 Å². The molecular weight excluding hydrogens is 242 g/mol. The van der Waals surface area contributed by atoms with Gasteiger partial charge in [-0.3, -0.25) is 9.59 Å². The van der Waals surface area contributed by atoms with Crippen LogP contribution in [0.4, 0.5) is 5.13 Å². The van der Waals surface area contributed by atoms with E-state index in [0.717, 1.165) is 0 Å². The van der Waals surface area contributed by atoms with Crippen molar-refractivity contribution in [2.75, 3.05) is 12.4 Å². The molecule has 0 amide bonds. The van der Waals surface area contributed by atoms with Crippen molar-refractivity contribution in [3.05, 3.63) is 38.1 Å². The third-order valence-electron chi connectivity index (χ3n) is 2.22. The van der Waals surface area contributed by atoms with Gasteiger partial charge in [-0.25, -0.2) is 0 Å². The molecule has 0 bridgehead atoms. The molecule has 7 nitrogen and oxygen atoms in total. The molecule has 0 radical (unpaired) electrons. The fraction of sp³-hybridized carbons (Fsp3) is 0.333. The van der Waals surface area contributed by atoms with Gasteiger partial charge in [0, 0.05) is 26.5 Å². The van der Waals surface area contributed by atoms with Crippen LogP contribution < -0.4 is 16.4 Å². The Morgan fingerprint density at radius 1 is 1.29 bits per heavy atom. The van der Waals surface area contributed by atoms with Crippen molar-refractivity contribution in [3.63, 3.8) is 0 Å². The summed E-state index contributed by atoms with van der Waals surface area (Å²) in [6.07, 6.45) is 3.11. The van der Waals surface area contributed by atoms with E-state index in [2.05, 4.69) is 15.5 Å². The van der Waals surface area contributed by atoms with E-state index in [4.69, 9.17) is 0 Å². The fourth-order valence-corrected chi connectivity index (χ4v) is 1.97. The zero-order valence-corrected chi connectivity index (χ0v) is 10.2. The summed E-state index contributed by atoms with van der Waals surface area (Å²) >= 11 is 1.34. The maximum atomic E-state index is 11.6. The van der Waals surface area contributed by atoms with Crippen LogP contribution in [0.1, 0.15) is 5.01 Å². The smallest absolute Gasteiger partial charge is 0.316 e. The molecule has 0 aliphatic heterocycles. The second-order valence-electron chi connectivity index (χ2n) is 3.40. The molecule has 2 heterocycles. The summed E-state index contributed by atoms with van der Waals surface area (Å²) in [5, 5.41) is 12.0. The summed E-state index contributed by atoms with van der Waals surface area (Å²) in [5.41, 5.74) is -1.11. The molecule has 0 saturated carbocycles. The summed E-state index contributed by atoms with van der Waals surface area (Å²) in [4.78, 5) is 23.1. The summed E-state index contributed by atoms with van der Waals surface area (Å²) in [6.45, 7) is 0.258. The molecule has 0 saturated heterocycles. The number of hydrogen-bond donors (Lipinski definition) is 1. The Morgan fingerprint density at radius 3 is 2.71 bits per heavy atom. The molecule has 17 heavy (non-hydrogen) atoms. The largest absolute Gasteiger partial charge is 0.363 e. The Bertz CT molecular complexity index is 641. The van der Waals surface area contributed by atoms with E-state index in [1.165, 1.54) is 27.5 Å². The van der Waals surface area contributed by atoms with Crippen LogP contribution in [0.3, 0.4) is 0 Å². The van der Waals surface area contributed by atoms with Crippen LogP contribution >= 0.6 is 11.3 Å². The highest BCUT2D eigenvalue weighted by Gasteiger charge is 2.07. The highest BCUT2D eigenvalue weighted by atomic mass is 32.1. The van der Waals surface area contributed by atoms with Gasteiger partial charge < -0.3 is 14.5 Å². The summed E-state index contributed by atoms with van der Waals surface area (Å²) in [6, 6.07) is 0. The van der Waals surface area contributed by atoms with Crippen LogP contribution in [0, 0.1) is 0 Å². The van der Waals surface area contributed by atoms with Crippen molar-refractivity contribution >= 4 is 16.5 Å². The van der Waals surface area contributed by atoms with Gasteiger partial charge in [-0.1, -0.05) is 11.3 Å². The number of aromatic nitrogens is 4. The van der Waals surface area contributed by atoms with Crippen LogP contribution in [-0.4, -0.2) is 26.4 Å². The average Bonchev–Trinajstić information content (AvgIpc) is 2.78. The second kappa shape index (κ2) is 4.50. The number of anilines is 1. The maximum Gasteiger partial charge on any atom is 0.316 e. The monoisotopic (exact) mass is 253 g/mol. The Balaban J connectivity index is 2.34. The van der Waals surface area contributed by atoms with Crippen LogP contribution in [0.15, 0.2) is 22.0 Å². The first-order valence-electron chi connectivity index (χ1n) is 4.88. The predicted molar refractivity (Wildman–Crippen MR) is 64.5 cm³/mol. The molecule has 0 atom stereocenters. The van der Waals surface area contributed by atoms with Gasteiger partial charge in [-0.15, -0.1) is 10.2 Å². The van der Waals surface area contributed by atoms with E-state index < -0.39 is 11.1 Å². The van der Waals surface area contributed by atoms with Gasteiger partial charge in [0.05, 0.1) is 6.54 Å². The number of nitrogens with zero attached hydrogens (tertiary/aromatic N) is 4. The summed E-state index contributed by atoms with van der Waals surface area (Å²) in [5.74, 6) is 0. The third kappa shape index (κ3) is 2.26. The average molecular weight is 253 g/mol. The molecule has 0 aliphatic rings. The molecule has 0 aromatic carbocycles. The van der Waals surface area contributed by atoms with Crippen LogP contribution in [0.5, 0.6) is 0 Å². The van der Waals surface area contributed by atoms with Crippen LogP contribution in [0.2, 0.25) is 0 Å². The van der Waals surface area contributed by atoms with Gasteiger partial charge in [0.15, 0.2) is 0 Å². The zero-order valence-electron chi connectivity index (χ0n) is 9.38. The lowest BCUT2D eigenvalue weighted by Gasteiger charge is -2.02. The highest BCUT2D eigenvalue weighted by molar-refractivity contribution is 7.15. The first-order chi connectivity index (χ1) is 8.11. The molecule has 1 N–H and O–H groups in total. The first kappa shape index (κ1) is 11.5. The van der Waals surface area contributed by atoms with Gasteiger partial charge >= 0.3 is 11.1 Å². The molecule has 8 heteroatoms. The summed E-state index contributed by atoms with van der Waals surface area (Å²) < 4.78 is 2.57. The van der Waals surface area contributed by atoms with Crippen molar-refractivity contribution in [1.29, 1.82) is 0 Å². The first-order valence-corrected chi connectivity index (χ1v) is 5.69. The molecule has 90 valence electrons. The Morgan fingerprint density at radius 2 is 2.06 bits per heavy atom. The third-order valence-corrected chi connectivity index (χ3v) is 3.15. The molecule has 2 rings (SSSR count). The van der Waals surface area contributed by atoms with Gasteiger partial charge in [0.25, 0.3) is 0 Å². The standard InChI is InChI=1S/C9H11N5O2S/c1-10-9-12-11-6(17-9)5-14-4-3-13(2)7(15)8(14)16/h3-4H,5H2,1-2H3,(H,10,12). The maximum absolute atomic E-state index is 11.6. The Labute approximate surface area is 100 Å². The van der Waals surface area contributed by atoms with E-state index in [-0.39, 0.29) is 6.54 Å². The molecule has 0 aliphatic carbocycles. The lowest BCUT2D eigenvalue weighted by Crippen LogP contribution is -2.39. The Kier molecular flexibility index (Phi) is 3.05. The predicted octanol–water partition coefficient (Wildman–Crippen LogP) is -0.512. The van der Waals surface area contributed by atoms with Crippen molar-refractivity contribution in [2.24, 2.45) is 7.05 Å². The lowest BCUT2D eigenvalue weighted by molar-refractivity contribution is 0.688. The molecule has 0 fully saturated rings. The van der Waals surface area contributed by atoms with E-state index in [1.54, 1.807) is 19.4 Å². The van der Waals surface area contributed by atoms with Crippen LogP contribution in [0.25, 0.3) is 0 Å². The van der Waals surface area contributed by atoms with Crippen molar-refractivity contribution in [1.82, 2.24) is 19.3 Å². The van der Waals surface area contributed by atoms with Crippen molar-refractivity contribution in [3.8, 4) is 0 Å². The second-order valence-corrected chi connectivity index (χ2v) is 4.46. The fourth-order valence-electron chi connectivity index (χ4n) is 1.28.